The molecule has 0 unspecified atom stereocenters. The molecule has 88 valence electrons. The van der Waals surface area contributed by atoms with Crippen molar-refractivity contribution < 1.29 is 14.7 Å². The monoisotopic (exact) mass is 242 g/mol. The van der Waals surface area contributed by atoms with Gasteiger partial charge in [-0.1, -0.05) is 0 Å². The molecule has 2 amide bonds. The zero-order chi connectivity index (χ0) is 12.3. The van der Waals surface area contributed by atoms with E-state index in [0.717, 1.165) is 11.3 Å². The Morgan fingerprint density at radius 2 is 2.19 bits per heavy atom. The van der Waals surface area contributed by atoms with Gasteiger partial charge in [0.2, 0.25) is 0 Å². The summed E-state index contributed by atoms with van der Waals surface area (Å²) in [5.74, 6) is -0.966. The summed E-state index contributed by atoms with van der Waals surface area (Å²) >= 11 is 1.07. The van der Waals surface area contributed by atoms with Gasteiger partial charge in [0.25, 0.3) is 0 Å². The molecule has 0 spiro atoms. The molecule has 1 rings (SSSR count). The third-order valence-electron chi connectivity index (χ3n) is 2.16. The molecule has 1 heterocycles. The molecule has 0 saturated carbocycles. The molecule has 16 heavy (non-hydrogen) atoms. The zero-order valence-corrected chi connectivity index (χ0v) is 10.2. The van der Waals surface area contributed by atoms with E-state index in [9.17, 15) is 9.59 Å². The number of urea groups is 1. The van der Waals surface area contributed by atoms with Crippen molar-refractivity contribution in [1.82, 2.24) is 4.90 Å². The van der Waals surface area contributed by atoms with Crippen molar-refractivity contribution in [1.29, 1.82) is 0 Å². The van der Waals surface area contributed by atoms with Crippen LogP contribution in [0.4, 0.5) is 9.80 Å². The number of hydrogen-bond acceptors (Lipinski definition) is 3. The molecule has 0 fully saturated rings. The SMILES string of the molecule is CCN(C)C(=O)Nc1cc(C)c(C(=O)O)s1. The van der Waals surface area contributed by atoms with Crippen LogP contribution in [-0.2, 0) is 0 Å². The highest BCUT2D eigenvalue weighted by molar-refractivity contribution is 7.18. The van der Waals surface area contributed by atoms with Crippen LogP contribution in [0.15, 0.2) is 6.07 Å². The number of rotatable bonds is 3. The van der Waals surface area contributed by atoms with Crippen molar-refractivity contribution in [2.75, 3.05) is 18.9 Å². The third kappa shape index (κ3) is 2.73. The topological polar surface area (TPSA) is 69.6 Å². The van der Waals surface area contributed by atoms with Crippen LogP contribution in [0.1, 0.15) is 22.2 Å². The highest BCUT2D eigenvalue weighted by Crippen LogP contribution is 2.26. The molecular formula is C10H14N2O3S. The van der Waals surface area contributed by atoms with Crippen molar-refractivity contribution in [2.24, 2.45) is 0 Å². The number of thiophene rings is 1. The summed E-state index contributed by atoms with van der Waals surface area (Å²) in [6.07, 6.45) is 0. The maximum atomic E-state index is 11.5. The molecular weight excluding hydrogens is 228 g/mol. The van der Waals surface area contributed by atoms with Crippen LogP contribution in [0, 0.1) is 6.92 Å². The van der Waals surface area contributed by atoms with Gasteiger partial charge in [-0.3, -0.25) is 5.32 Å². The lowest BCUT2D eigenvalue weighted by atomic mass is 10.3. The fourth-order valence-electron chi connectivity index (χ4n) is 1.10. The van der Waals surface area contributed by atoms with Gasteiger partial charge in [-0.2, -0.15) is 0 Å². The summed E-state index contributed by atoms with van der Waals surface area (Å²) in [5.41, 5.74) is 0.659. The Morgan fingerprint density at radius 1 is 1.56 bits per heavy atom. The quantitative estimate of drug-likeness (QED) is 0.854. The van der Waals surface area contributed by atoms with Crippen LogP contribution < -0.4 is 5.32 Å². The van der Waals surface area contributed by atoms with Crippen molar-refractivity contribution in [3.8, 4) is 0 Å². The van der Waals surface area contributed by atoms with E-state index < -0.39 is 5.97 Å². The van der Waals surface area contributed by atoms with E-state index >= 15 is 0 Å². The number of hydrogen-bond donors (Lipinski definition) is 2. The summed E-state index contributed by atoms with van der Waals surface area (Å²) in [5, 5.41) is 12.1. The average Bonchev–Trinajstić information content (AvgIpc) is 2.58. The fraction of sp³-hybridized carbons (Fsp3) is 0.400. The molecule has 0 radical (unpaired) electrons. The van der Waals surface area contributed by atoms with Crippen LogP contribution in [-0.4, -0.2) is 35.6 Å². The van der Waals surface area contributed by atoms with Gasteiger partial charge >= 0.3 is 12.0 Å². The number of aromatic carboxylic acids is 1. The Hall–Kier alpha value is -1.56. The predicted octanol–water partition coefficient (Wildman–Crippen LogP) is 2.24. The van der Waals surface area contributed by atoms with Gasteiger partial charge in [0.15, 0.2) is 0 Å². The number of carboxylic acids is 1. The lowest BCUT2D eigenvalue weighted by molar-refractivity contribution is 0.0701. The lowest BCUT2D eigenvalue weighted by Crippen LogP contribution is -2.30. The van der Waals surface area contributed by atoms with E-state index in [2.05, 4.69) is 5.32 Å². The molecule has 6 heteroatoms. The Kier molecular flexibility index (Phi) is 3.89. The molecule has 5 nitrogen and oxygen atoms in total. The first-order chi connectivity index (χ1) is 7.45. The molecule has 0 saturated heterocycles. The number of carbonyl (C=O) groups excluding carboxylic acids is 1. The standard InChI is InChI=1S/C10H14N2O3S/c1-4-12(3)10(15)11-7-5-6(2)8(16-7)9(13)14/h5H,4H2,1-3H3,(H,11,15)(H,13,14). The first-order valence-corrected chi connectivity index (χ1v) is 5.63. The predicted molar refractivity (Wildman–Crippen MR) is 63.3 cm³/mol. The van der Waals surface area contributed by atoms with Gasteiger partial charge < -0.3 is 10.0 Å². The van der Waals surface area contributed by atoms with Crippen molar-refractivity contribution >= 4 is 28.3 Å². The summed E-state index contributed by atoms with van der Waals surface area (Å²) in [4.78, 5) is 24.1. The van der Waals surface area contributed by atoms with Crippen molar-refractivity contribution in [3.63, 3.8) is 0 Å². The minimum absolute atomic E-state index is 0.235. The van der Waals surface area contributed by atoms with Gasteiger partial charge in [0.05, 0.1) is 5.00 Å². The zero-order valence-electron chi connectivity index (χ0n) is 9.40. The maximum absolute atomic E-state index is 11.5. The minimum Gasteiger partial charge on any atom is -0.477 e. The van der Waals surface area contributed by atoms with Crippen LogP contribution in [0.25, 0.3) is 0 Å². The van der Waals surface area contributed by atoms with Gasteiger partial charge in [0.1, 0.15) is 4.88 Å². The number of nitrogens with zero attached hydrogens (tertiary/aromatic N) is 1. The van der Waals surface area contributed by atoms with Gasteiger partial charge in [-0.15, -0.1) is 11.3 Å². The molecule has 0 aliphatic carbocycles. The van der Waals surface area contributed by atoms with E-state index in [4.69, 9.17) is 5.11 Å². The first kappa shape index (κ1) is 12.5. The van der Waals surface area contributed by atoms with E-state index in [1.807, 2.05) is 6.92 Å². The van der Waals surface area contributed by atoms with Crippen LogP contribution in [0.3, 0.4) is 0 Å². The van der Waals surface area contributed by atoms with Gasteiger partial charge in [-0.05, 0) is 25.5 Å². The summed E-state index contributed by atoms with van der Waals surface area (Å²) in [6.45, 7) is 4.17. The number of amides is 2. The molecule has 0 aliphatic heterocycles. The number of nitrogens with one attached hydrogen (secondary N) is 1. The Morgan fingerprint density at radius 3 is 2.62 bits per heavy atom. The highest BCUT2D eigenvalue weighted by atomic mass is 32.1. The fourth-order valence-corrected chi connectivity index (χ4v) is 2.00. The molecule has 0 aromatic carbocycles. The second-order valence-corrected chi connectivity index (χ2v) is 4.42. The maximum Gasteiger partial charge on any atom is 0.346 e. The van der Waals surface area contributed by atoms with Crippen LogP contribution in [0.2, 0.25) is 0 Å². The summed E-state index contributed by atoms with van der Waals surface area (Å²) in [6, 6.07) is 1.43. The molecule has 0 aliphatic rings. The van der Waals surface area contributed by atoms with Crippen molar-refractivity contribution in [2.45, 2.75) is 13.8 Å². The van der Waals surface area contributed by atoms with Crippen molar-refractivity contribution in [3.05, 3.63) is 16.5 Å². The van der Waals surface area contributed by atoms with E-state index in [1.54, 1.807) is 20.0 Å². The first-order valence-electron chi connectivity index (χ1n) is 4.81. The third-order valence-corrected chi connectivity index (χ3v) is 3.30. The largest absolute Gasteiger partial charge is 0.477 e. The van der Waals surface area contributed by atoms with Gasteiger partial charge in [-0.25, -0.2) is 9.59 Å². The van der Waals surface area contributed by atoms with Gasteiger partial charge in [0, 0.05) is 13.6 Å². The molecule has 1 aromatic heterocycles. The Bertz CT molecular complexity index is 414. The highest BCUT2D eigenvalue weighted by Gasteiger charge is 2.14. The number of carbonyl (C=O) groups is 2. The summed E-state index contributed by atoms with van der Waals surface area (Å²) < 4.78 is 0. The Labute approximate surface area is 97.7 Å². The number of anilines is 1. The molecule has 0 bridgehead atoms. The number of carboxylic acid groups (broad SMARTS) is 1. The average molecular weight is 242 g/mol. The van der Waals surface area contributed by atoms with E-state index in [1.165, 1.54) is 4.90 Å². The summed E-state index contributed by atoms with van der Waals surface area (Å²) in [7, 11) is 1.67. The van der Waals surface area contributed by atoms with Crippen LogP contribution in [0.5, 0.6) is 0 Å². The molecule has 2 N–H and O–H groups in total. The second-order valence-electron chi connectivity index (χ2n) is 3.37. The Balaban J connectivity index is 2.79. The van der Waals surface area contributed by atoms with Crippen LogP contribution >= 0.6 is 11.3 Å². The number of aryl methyl sites for hydroxylation is 1. The minimum atomic E-state index is -0.966. The lowest BCUT2D eigenvalue weighted by Gasteiger charge is -2.14. The normalized spacial score (nSPS) is 9.94. The molecule has 0 atom stereocenters. The van der Waals surface area contributed by atoms with E-state index in [0.29, 0.717) is 17.1 Å². The molecule has 1 aromatic rings. The second kappa shape index (κ2) is 4.98. The smallest absolute Gasteiger partial charge is 0.346 e. The van der Waals surface area contributed by atoms with E-state index in [-0.39, 0.29) is 10.9 Å².